The number of alkyl halides is 1. The number of anilines is 1. The highest BCUT2D eigenvalue weighted by Gasteiger charge is 2.48. The van der Waals surface area contributed by atoms with E-state index in [0.29, 0.717) is 31.3 Å². The highest BCUT2D eigenvalue weighted by atomic mass is 19.1. The lowest BCUT2D eigenvalue weighted by Crippen LogP contribution is -2.55. The van der Waals surface area contributed by atoms with Crippen LogP contribution in [0.3, 0.4) is 0 Å². The number of halogens is 1. The lowest BCUT2D eigenvalue weighted by molar-refractivity contribution is -0.154. The summed E-state index contributed by atoms with van der Waals surface area (Å²) in [4.78, 5) is 41.9. The molecule has 2 aliphatic rings. The molecule has 4 atom stereocenters. The van der Waals surface area contributed by atoms with Crippen molar-refractivity contribution in [3.63, 3.8) is 0 Å². The van der Waals surface area contributed by atoms with E-state index in [-0.39, 0.29) is 30.7 Å². The van der Waals surface area contributed by atoms with Crippen LogP contribution >= 0.6 is 0 Å². The van der Waals surface area contributed by atoms with E-state index in [0.717, 1.165) is 49.0 Å². The van der Waals surface area contributed by atoms with Crippen LogP contribution in [-0.2, 0) is 33.8 Å². The van der Waals surface area contributed by atoms with Crippen molar-refractivity contribution in [1.82, 2.24) is 14.8 Å². The Hall–Kier alpha value is -4.64. The van der Waals surface area contributed by atoms with E-state index < -0.39 is 30.1 Å². The SMILES string of the molecule is O=C(O)C(CCCc1ccc([C@@H]2[C@@H](CC[C@H](O)C3=CCC(F)C=C3)C(=O)N2c2ccc(CCCCCn3cncn3)cc2)cc1)C(=O)O. The third kappa shape index (κ3) is 8.83. The van der Waals surface area contributed by atoms with Crippen molar-refractivity contribution >= 4 is 23.5 Å². The molecule has 1 unspecified atom stereocenters. The van der Waals surface area contributed by atoms with Crippen molar-refractivity contribution in [1.29, 1.82) is 0 Å². The molecule has 11 heteroatoms. The summed E-state index contributed by atoms with van der Waals surface area (Å²) in [6, 6.07) is 15.7. The van der Waals surface area contributed by atoms with Gasteiger partial charge in [0.25, 0.3) is 0 Å². The molecule has 1 aliphatic carbocycles. The zero-order chi connectivity index (χ0) is 34.0. The Labute approximate surface area is 279 Å². The number of aliphatic carboxylic acids is 2. The molecule has 1 aliphatic heterocycles. The number of benzene rings is 2. The summed E-state index contributed by atoms with van der Waals surface area (Å²) in [7, 11) is 0. The number of aliphatic hydroxyl groups is 1. The van der Waals surface area contributed by atoms with Crippen molar-refractivity contribution in [2.24, 2.45) is 11.8 Å². The summed E-state index contributed by atoms with van der Waals surface area (Å²) in [5.74, 6) is -4.45. The lowest BCUT2D eigenvalue weighted by Gasteiger charge is -2.48. The second-order valence-electron chi connectivity index (χ2n) is 12.7. The Morgan fingerprint density at radius 3 is 2.23 bits per heavy atom. The van der Waals surface area contributed by atoms with Gasteiger partial charge in [0, 0.05) is 18.7 Å². The van der Waals surface area contributed by atoms with Gasteiger partial charge in [-0.25, -0.2) is 9.37 Å². The number of hydrogen-bond acceptors (Lipinski definition) is 6. The number of aryl methyl sites for hydroxylation is 3. The molecule has 3 aromatic rings. The number of aliphatic hydroxyl groups excluding tert-OH is 1. The maximum atomic E-state index is 13.6. The van der Waals surface area contributed by atoms with E-state index in [1.807, 2.05) is 46.0 Å². The molecule has 0 saturated carbocycles. The van der Waals surface area contributed by atoms with Gasteiger partial charge in [0.15, 0.2) is 5.92 Å². The quantitative estimate of drug-likeness (QED) is 0.0875. The number of amides is 1. The van der Waals surface area contributed by atoms with Gasteiger partial charge in [0.1, 0.15) is 18.8 Å². The molecule has 1 fully saturated rings. The van der Waals surface area contributed by atoms with Crippen molar-refractivity contribution in [3.8, 4) is 0 Å². The van der Waals surface area contributed by atoms with Gasteiger partial charge >= 0.3 is 11.9 Å². The van der Waals surface area contributed by atoms with Gasteiger partial charge in [-0.3, -0.25) is 19.1 Å². The van der Waals surface area contributed by atoms with Crippen molar-refractivity contribution in [2.45, 2.75) is 89.1 Å². The van der Waals surface area contributed by atoms with Gasteiger partial charge in [0.2, 0.25) is 5.91 Å². The number of β-lactam (4-membered cyclic amide) rings is 1. The van der Waals surface area contributed by atoms with Crippen LogP contribution in [0.1, 0.15) is 74.1 Å². The summed E-state index contributed by atoms with van der Waals surface area (Å²) >= 11 is 0. The first-order valence-electron chi connectivity index (χ1n) is 16.7. The fourth-order valence-electron chi connectivity index (χ4n) is 6.56. The Bertz CT molecular complexity index is 1570. The van der Waals surface area contributed by atoms with Crippen molar-refractivity contribution < 1.29 is 34.1 Å². The molecule has 10 nitrogen and oxygen atoms in total. The fourth-order valence-corrected chi connectivity index (χ4v) is 6.56. The smallest absolute Gasteiger partial charge is 0.317 e. The number of carboxylic acids is 2. The number of nitrogens with zero attached hydrogens (tertiary/aromatic N) is 4. The van der Waals surface area contributed by atoms with Gasteiger partial charge in [-0.2, -0.15) is 5.10 Å². The summed E-state index contributed by atoms with van der Waals surface area (Å²) in [6.07, 6.45) is 12.4. The van der Waals surface area contributed by atoms with Crippen LogP contribution in [0, 0.1) is 11.8 Å². The first-order valence-corrected chi connectivity index (χ1v) is 16.7. The Morgan fingerprint density at radius 1 is 0.917 bits per heavy atom. The molecule has 2 aromatic carbocycles. The number of carbonyl (C=O) groups is 3. The first kappa shape index (κ1) is 34.7. The minimum Gasteiger partial charge on any atom is -0.481 e. The molecule has 254 valence electrons. The molecule has 3 N–H and O–H groups in total. The van der Waals surface area contributed by atoms with Crippen LogP contribution in [0.5, 0.6) is 0 Å². The van der Waals surface area contributed by atoms with E-state index in [2.05, 4.69) is 22.2 Å². The summed E-state index contributed by atoms with van der Waals surface area (Å²) in [5, 5.41) is 33.2. The number of aromatic nitrogens is 3. The second-order valence-corrected chi connectivity index (χ2v) is 12.7. The molecule has 1 aromatic heterocycles. The van der Waals surface area contributed by atoms with Gasteiger partial charge in [-0.15, -0.1) is 0 Å². The summed E-state index contributed by atoms with van der Waals surface area (Å²) in [5.41, 5.74) is 4.58. The lowest BCUT2D eigenvalue weighted by atomic mass is 9.77. The predicted molar refractivity (Wildman–Crippen MR) is 178 cm³/mol. The zero-order valence-corrected chi connectivity index (χ0v) is 26.9. The maximum absolute atomic E-state index is 13.6. The first-order chi connectivity index (χ1) is 23.2. The average molecular weight is 659 g/mol. The maximum Gasteiger partial charge on any atom is 0.317 e. The van der Waals surface area contributed by atoms with Crippen LogP contribution in [0.15, 0.2) is 85.0 Å². The number of rotatable bonds is 18. The number of hydrogen-bond donors (Lipinski definition) is 3. The molecule has 48 heavy (non-hydrogen) atoms. The normalized spacial score (nSPS) is 19.6. The summed E-state index contributed by atoms with van der Waals surface area (Å²) < 4.78 is 15.4. The largest absolute Gasteiger partial charge is 0.481 e. The second kappa shape index (κ2) is 16.5. The van der Waals surface area contributed by atoms with Crippen molar-refractivity contribution in [2.75, 3.05) is 4.90 Å². The Morgan fingerprint density at radius 2 is 1.60 bits per heavy atom. The predicted octanol–water partition coefficient (Wildman–Crippen LogP) is 5.87. The third-order valence-corrected chi connectivity index (χ3v) is 9.34. The highest BCUT2D eigenvalue weighted by molar-refractivity contribution is 6.03. The minimum absolute atomic E-state index is 0.0116. The molecule has 1 amide bonds. The van der Waals surface area contributed by atoms with E-state index in [1.54, 1.807) is 18.5 Å². The monoisotopic (exact) mass is 658 g/mol. The van der Waals surface area contributed by atoms with E-state index in [1.165, 1.54) is 18.0 Å². The number of allylic oxidation sites excluding steroid dienone is 2. The third-order valence-electron chi connectivity index (χ3n) is 9.34. The van der Waals surface area contributed by atoms with Crippen LogP contribution in [0.4, 0.5) is 10.1 Å². The number of unbranched alkanes of at least 4 members (excludes halogenated alkanes) is 2. The molecule has 2 heterocycles. The molecule has 0 radical (unpaired) electrons. The van der Waals surface area contributed by atoms with E-state index in [4.69, 9.17) is 10.2 Å². The van der Waals surface area contributed by atoms with E-state index in [9.17, 15) is 23.9 Å². The van der Waals surface area contributed by atoms with Crippen LogP contribution in [0.2, 0.25) is 0 Å². The Balaban J connectivity index is 1.23. The molecule has 0 bridgehead atoms. The van der Waals surface area contributed by atoms with Crippen LogP contribution in [-0.4, -0.2) is 60.2 Å². The molecule has 0 spiro atoms. The average Bonchev–Trinajstić information content (AvgIpc) is 3.60. The Kier molecular flexibility index (Phi) is 11.9. The highest BCUT2D eigenvalue weighted by Crippen LogP contribution is 2.46. The van der Waals surface area contributed by atoms with Crippen molar-refractivity contribution in [3.05, 3.63) is 102 Å². The van der Waals surface area contributed by atoms with Gasteiger partial charge in [-0.1, -0.05) is 61.0 Å². The van der Waals surface area contributed by atoms with Gasteiger partial charge in [0.05, 0.1) is 18.1 Å². The molecule has 5 rings (SSSR count). The molecular formula is C37H43FN4O6. The standard InChI is InChI=1S/C37H43FN4O6/c38-29-16-14-27(15-17-29)33(43)21-20-31-34(28-12-8-26(9-13-28)6-4-7-32(36(45)46)37(47)48)42(35(31)44)30-18-10-25(11-19-30)5-2-1-3-22-41-24-39-23-40-41/h8-16,18-19,23-24,29,31-34,43H,1-7,17,20-22H2,(H,45,46)(H,47,48)/t29?,31-,33+,34-/m1/s1. The number of carboxylic acid groups (broad SMARTS) is 2. The number of carbonyl (C=O) groups excluding carboxylic acids is 1. The van der Waals surface area contributed by atoms with Gasteiger partial charge in [-0.05, 0) is 85.8 Å². The van der Waals surface area contributed by atoms with Crippen LogP contribution in [0.25, 0.3) is 0 Å². The topological polar surface area (TPSA) is 146 Å². The minimum atomic E-state index is -1.43. The molecule has 1 saturated heterocycles. The molecular weight excluding hydrogens is 615 g/mol. The fraction of sp³-hybridized carbons (Fsp3) is 0.432. The van der Waals surface area contributed by atoms with Gasteiger partial charge < -0.3 is 20.2 Å². The van der Waals surface area contributed by atoms with Crippen LogP contribution < -0.4 is 4.90 Å². The zero-order valence-electron chi connectivity index (χ0n) is 26.9. The van der Waals surface area contributed by atoms with E-state index >= 15 is 0 Å². The summed E-state index contributed by atoms with van der Waals surface area (Å²) in [6.45, 7) is 0.846.